The molecule has 0 saturated heterocycles. The highest BCUT2D eigenvalue weighted by Crippen LogP contribution is 2.22. The highest BCUT2D eigenvalue weighted by atomic mass is 32.2. The van der Waals surface area contributed by atoms with E-state index in [0.29, 0.717) is 19.0 Å². The summed E-state index contributed by atoms with van der Waals surface area (Å²) in [7, 11) is -2.33. The van der Waals surface area contributed by atoms with Gasteiger partial charge in [-0.15, -0.1) is 10.2 Å². The molecule has 0 unspecified atom stereocenters. The topological polar surface area (TPSA) is 100 Å². The van der Waals surface area contributed by atoms with Crippen molar-refractivity contribution < 1.29 is 13.2 Å². The maximum Gasteiger partial charge on any atom is 0.273 e. The molecular formula is C9H18N4O3S. The summed E-state index contributed by atoms with van der Waals surface area (Å²) in [6, 6.07) is 0. The molecule has 17 heavy (non-hydrogen) atoms. The highest BCUT2D eigenvalue weighted by Gasteiger charge is 2.27. The van der Waals surface area contributed by atoms with Crippen molar-refractivity contribution in [3.63, 3.8) is 0 Å². The fraction of sp³-hybridized carbons (Fsp3) is 0.778. The van der Waals surface area contributed by atoms with Crippen LogP contribution in [0.1, 0.15) is 26.6 Å². The van der Waals surface area contributed by atoms with Gasteiger partial charge < -0.3 is 4.74 Å². The Morgan fingerprint density at radius 1 is 1.35 bits per heavy atom. The van der Waals surface area contributed by atoms with Crippen molar-refractivity contribution in [1.82, 2.24) is 14.8 Å². The first kappa shape index (κ1) is 14.1. The van der Waals surface area contributed by atoms with Gasteiger partial charge in [0.1, 0.15) is 5.82 Å². The first-order chi connectivity index (χ1) is 7.68. The van der Waals surface area contributed by atoms with E-state index in [4.69, 9.17) is 9.88 Å². The third kappa shape index (κ3) is 3.24. The first-order valence-electron chi connectivity index (χ1n) is 5.13. The Morgan fingerprint density at radius 2 is 1.94 bits per heavy atom. The van der Waals surface area contributed by atoms with Gasteiger partial charge in [0.2, 0.25) is 0 Å². The maximum absolute atomic E-state index is 11.4. The summed E-state index contributed by atoms with van der Waals surface area (Å²) in [6.45, 7) is 6.49. The molecule has 1 aromatic rings. The Labute approximate surface area is 101 Å². The van der Waals surface area contributed by atoms with E-state index in [9.17, 15) is 8.42 Å². The van der Waals surface area contributed by atoms with E-state index in [1.165, 1.54) is 11.7 Å². The third-order valence-electron chi connectivity index (χ3n) is 2.16. The number of rotatable bonds is 4. The van der Waals surface area contributed by atoms with Crippen LogP contribution in [0.2, 0.25) is 0 Å². The lowest BCUT2D eigenvalue weighted by Crippen LogP contribution is -2.25. The zero-order chi connectivity index (χ0) is 13.3. The average Bonchev–Trinajstić information content (AvgIpc) is 2.56. The smallest absolute Gasteiger partial charge is 0.273 e. The molecule has 0 fully saturated rings. The molecule has 0 radical (unpaired) electrons. The monoisotopic (exact) mass is 262 g/mol. The number of hydrogen-bond acceptors (Lipinski definition) is 5. The molecule has 1 rings (SSSR count). The molecule has 0 atom stereocenters. The van der Waals surface area contributed by atoms with Crippen molar-refractivity contribution in [2.75, 3.05) is 13.7 Å². The van der Waals surface area contributed by atoms with E-state index in [2.05, 4.69) is 10.2 Å². The fourth-order valence-electron chi connectivity index (χ4n) is 1.44. The zero-order valence-corrected chi connectivity index (χ0v) is 11.3. The largest absolute Gasteiger partial charge is 0.383 e. The van der Waals surface area contributed by atoms with Gasteiger partial charge in [-0.2, -0.15) is 0 Å². The number of nitrogens with two attached hydrogens (primary N) is 1. The Bertz CT molecular complexity index is 487. The summed E-state index contributed by atoms with van der Waals surface area (Å²) in [5.74, 6) is 0.568. The van der Waals surface area contributed by atoms with Crippen LogP contribution >= 0.6 is 0 Å². The molecule has 1 heterocycles. The van der Waals surface area contributed by atoms with Gasteiger partial charge in [0, 0.05) is 19.1 Å². The molecule has 8 heteroatoms. The van der Waals surface area contributed by atoms with Gasteiger partial charge in [-0.1, -0.05) is 20.8 Å². The van der Waals surface area contributed by atoms with Crippen LogP contribution in [0.3, 0.4) is 0 Å². The zero-order valence-electron chi connectivity index (χ0n) is 10.5. The Kier molecular flexibility index (Phi) is 3.90. The van der Waals surface area contributed by atoms with E-state index < -0.39 is 10.0 Å². The number of primary sulfonamides is 1. The summed E-state index contributed by atoms with van der Waals surface area (Å²) < 4.78 is 29.2. The second kappa shape index (κ2) is 4.71. The number of sulfonamides is 1. The Morgan fingerprint density at radius 3 is 2.35 bits per heavy atom. The molecule has 1 aromatic heterocycles. The standard InChI is InChI=1S/C9H18N4O3S/c1-9(2,3)7-11-12-8(17(10,14)15)13(7)5-6-16-4/h5-6H2,1-4H3,(H2,10,14,15). The molecule has 0 aromatic carbocycles. The van der Waals surface area contributed by atoms with Gasteiger partial charge in [-0.3, -0.25) is 4.57 Å². The third-order valence-corrected chi connectivity index (χ3v) is 2.97. The van der Waals surface area contributed by atoms with Gasteiger partial charge in [-0.05, 0) is 0 Å². The van der Waals surface area contributed by atoms with E-state index in [1.807, 2.05) is 20.8 Å². The van der Waals surface area contributed by atoms with Gasteiger partial charge in [0.15, 0.2) is 0 Å². The minimum atomic E-state index is -3.87. The summed E-state index contributed by atoms with van der Waals surface area (Å²) in [5.41, 5.74) is -0.316. The highest BCUT2D eigenvalue weighted by molar-refractivity contribution is 7.89. The van der Waals surface area contributed by atoms with Crippen LogP contribution in [-0.4, -0.2) is 36.9 Å². The van der Waals surface area contributed by atoms with Crippen molar-refractivity contribution in [2.24, 2.45) is 5.14 Å². The number of hydrogen-bond donors (Lipinski definition) is 1. The number of nitrogens with zero attached hydrogens (tertiary/aromatic N) is 3. The summed E-state index contributed by atoms with van der Waals surface area (Å²) in [5, 5.41) is 12.4. The molecule has 2 N–H and O–H groups in total. The maximum atomic E-state index is 11.4. The van der Waals surface area contributed by atoms with Crippen LogP contribution < -0.4 is 5.14 Å². The first-order valence-corrected chi connectivity index (χ1v) is 6.68. The van der Waals surface area contributed by atoms with Crippen molar-refractivity contribution in [3.05, 3.63) is 5.82 Å². The average molecular weight is 262 g/mol. The normalized spacial score (nSPS) is 13.0. The minimum Gasteiger partial charge on any atom is -0.383 e. The van der Waals surface area contributed by atoms with Crippen LogP contribution in [0.25, 0.3) is 0 Å². The molecule has 0 bridgehead atoms. The van der Waals surface area contributed by atoms with Gasteiger partial charge in [0.05, 0.1) is 6.61 Å². The van der Waals surface area contributed by atoms with Gasteiger partial charge in [-0.25, -0.2) is 13.6 Å². The number of ether oxygens (including phenoxy) is 1. The molecule has 0 aliphatic carbocycles. The summed E-state index contributed by atoms with van der Waals surface area (Å²) in [6.07, 6.45) is 0. The van der Waals surface area contributed by atoms with Crippen LogP contribution in [0, 0.1) is 0 Å². The van der Waals surface area contributed by atoms with Crippen molar-refractivity contribution in [3.8, 4) is 0 Å². The lowest BCUT2D eigenvalue weighted by molar-refractivity contribution is 0.182. The fourth-order valence-corrected chi connectivity index (χ4v) is 2.08. The predicted octanol–water partition coefficient (Wildman–Crippen LogP) is -0.131. The summed E-state index contributed by atoms with van der Waals surface area (Å²) >= 11 is 0. The van der Waals surface area contributed by atoms with Crippen molar-refractivity contribution >= 4 is 10.0 Å². The molecule has 0 spiro atoms. The van der Waals surface area contributed by atoms with Crippen molar-refractivity contribution in [1.29, 1.82) is 0 Å². The van der Waals surface area contributed by atoms with Crippen LogP contribution in [0.4, 0.5) is 0 Å². The van der Waals surface area contributed by atoms with E-state index >= 15 is 0 Å². The van der Waals surface area contributed by atoms with E-state index in [1.54, 1.807) is 0 Å². The lowest BCUT2D eigenvalue weighted by atomic mass is 9.96. The molecule has 0 amide bonds. The number of aromatic nitrogens is 3. The number of methoxy groups -OCH3 is 1. The molecule has 0 aliphatic rings. The van der Waals surface area contributed by atoms with Crippen molar-refractivity contribution in [2.45, 2.75) is 37.9 Å². The van der Waals surface area contributed by atoms with E-state index in [-0.39, 0.29) is 10.6 Å². The van der Waals surface area contributed by atoms with E-state index in [0.717, 1.165) is 0 Å². The molecule has 7 nitrogen and oxygen atoms in total. The summed E-state index contributed by atoms with van der Waals surface area (Å²) in [4.78, 5) is 0. The molecule has 0 saturated carbocycles. The Balaban J connectivity index is 3.30. The molecule has 0 aliphatic heterocycles. The minimum absolute atomic E-state index is 0.223. The van der Waals surface area contributed by atoms with Gasteiger partial charge >= 0.3 is 0 Å². The Hall–Kier alpha value is -0.990. The van der Waals surface area contributed by atoms with Crippen LogP contribution in [0.5, 0.6) is 0 Å². The quantitative estimate of drug-likeness (QED) is 0.814. The lowest BCUT2D eigenvalue weighted by Gasteiger charge is -2.19. The van der Waals surface area contributed by atoms with Crippen LogP contribution in [0.15, 0.2) is 5.16 Å². The SMILES string of the molecule is COCCn1c(C(C)(C)C)nnc1S(N)(=O)=O. The second-order valence-electron chi connectivity index (χ2n) is 4.75. The predicted molar refractivity (Wildman–Crippen MR) is 62.0 cm³/mol. The van der Waals surface area contributed by atoms with Gasteiger partial charge in [0.25, 0.3) is 15.2 Å². The van der Waals surface area contributed by atoms with Crippen LogP contribution in [-0.2, 0) is 26.7 Å². The second-order valence-corrected chi connectivity index (χ2v) is 6.20. The molecule has 98 valence electrons. The molecular weight excluding hydrogens is 244 g/mol.